The first-order valence-electron chi connectivity index (χ1n) is 12.4. The average molecular weight is 495 g/mol. The summed E-state index contributed by atoms with van der Waals surface area (Å²) in [4.78, 5) is 30.1. The smallest absolute Gasteiger partial charge is 0.254 e. The largest absolute Gasteiger partial charge is 0.464 e. The zero-order valence-electron chi connectivity index (χ0n) is 21.3. The number of hydrogen-bond donors (Lipinski definition) is 0. The van der Waals surface area contributed by atoms with E-state index in [0.29, 0.717) is 37.5 Å². The Kier molecular flexibility index (Phi) is 10.2. The number of hydrogen-bond acceptors (Lipinski definition) is 4. The fourth-order valence-electron chi connectivity index (χ4n) is 3.88. The van der Waals surface area contributed by atoms with Gasteiger partial charge < -0.3 is 19.0 Å². The number of ether oxygens (including phenoxy) is 1. The molecule has 2 aromatic carbocycles. The van der Waals surface area contributed by atoms with Crippen molar-refractivity contribution in [2.45, 2.75) is 46.7 Å². The zero-order valence-corrected chi connectivity index (χ0v) is 21.3. The van der Waals surface area contributed by atoms with Crippen molar-refractivity contribution in [3.05, 3.63) is 94.7 Å². The molecule has 192 valence electrons. The Bertz CT molecular complexity index is 1110. The van der Waals surface area contributed by atoms with Crippen LogP contribution >= 0.6 is 0 Å². The summed E-state index contributed by atoms with van der Waals surface area (Å²) in [6, 6.07) is 17.2. The van der Waals surface area contributed by atoms with Gasteiger partial charge in [-0.2, -0.15) is 0 Å². The van der Waals surface area contributed by atoms with Crippen molar-refractivity contribution in [2.75, 3.05) is 26.3 Å². The molecule has 0 aliphatic heterocycles. The van der Waals surface area contributed by atoms with Crippen LogP contribution in [-0.4, -0.2) is 47.9 Å². The van der Waals surface area contributed by atoms with Crippen LogP contribution in [-0.2, 0) is 29.0 Å². The highest BCUT2D eigenvalue weighted by atomic mass is 19.1. The molecule has 0 unspecified atom stereocenters. The van der Waals surface area contributed by atoms with Gasteiger partial charge in [0.25, 0.3) is 5.91 Å². The van der Waals surface area contributed by atoms with Crippen LogP contribution in [0.5, 0.6) is 0 Å². The van der Waals surface area contributed by atoms with Gasteiger partial charge in [0.15, 0.2) is 0 Å². The number of halogens is 1. The molecule has 36 heavy (non-hydrogen) atoms. The SMILES string of the molecule is CCOCCCN(CC(=O)N(Cc1ccc(F)cc1)Cc1ccc(C)o1)C(=O)c1ccc(CC)cc1. The van der Waals surface area contributed by atoms with Crippen molar-refractivity contribution in [2.24, 2.45) is 0 Å². The van der Waals surface area contributed by atoms with Crippen molar-refractivity contribution >= 4 is 11.8 Å². The molecular formula is C29H35FN2O4. The van der Waals surface area contributed by atoms with Crippen molar-refractivity contribution in [3.63, 3.8) is 0 Å². The Morgan fingerprint density at radius 1 is 0.889 bits per heavy atom. The maximum Gasteiger partial charge on any atom is 0.254 e. The molecule has 2 amide bonds. The maximum absolute atomic E-state index is 13.5. The molecule has 0 aliphatic rings. The lowest BCUT2D eigenvalue weighted by Crippen LogP contribution is -2.43. The third kappa shape index (κ3) is 8.05. The first kappa shape index (κ1) is 27.1. The van der Waals surface area contributed by atoms with E-state index in [-0.39, 0.29) is 37.3 Å². The van der Waals surface area contributed by atoms with Crippen molar-refractivity contribution in [1.82, 2.24) is 9.80 Å². The lowest BCUT2D eigenvalue weighted by molar-refractivity contribution is -0.133. The summed E-state index contributed by atoms with van der Waals surface area (Å²) in [5.74, 6) is 0.648. The van der Waals surface area contributed by atoms with Crippen LogP contribution in [0.3, 0.4) is 0 Å². The monoisotopic (exact) mass is 494 g/mol. The standard InChI is InChI=1S/C29H35FN2O4/c1-4-23-8-12-25(13-9-23)29(34)31(17-6-18-35-5-2)21-28(33)32(20-27-16-7-22(3)36-27)19-24-10-14-26(30)15-11-24/h7-16H,4-6,17-21H2,1-3H3. The number of benzene rings is 2. The number of aryl methyl sites for hydroxylation is 2. The minimum absolute atomic E-state index is 0.0820. The predicted molar refractivity (Wildman–Crippen MR) is 137 cm³/mol. The first-order chi connectivity index (χ1) is 17.4. The van der Waals surface area contributed by atoms with Gasteiger partial charge >= 0.3 is 0 Å². The van der Waals surface area contributed by atoms with E-state index in [0.717, 1.165) is 23.3 Å². The average Bonchev–Trinajstić information content (AvgIpc) is 3.30. The van der Waals surface area contributed by atoms with Crippen molar-refractivity contribution < 1.29 is 23.1 Å². The number of carbonyl (C=O) groups is 2. The molecule has 0 atom stereocenters. The van der Waals surface area contributed by atoms with Crippen LogP contribution in [0, 0.1) is 12.7 Å². The molecule has 0 saturated carbocycles. The van der Waals surface area contributed by atoms with Crippen LogP contribution in [0.1, 0.15) is 53.3 Å². The lowest BCUT2D eigenvalue weighted by atomic mass is 10.1. The third-order valence-corrected chi connectivity index (χ3v) is 5.93. The Morgan fingerprint density at radius 3 is 2.19 bits per heavy atom. The fourth-order valence-corrected chi connectivity index (χ4v) is 3.88. The predicted octanol–water partition coefficient (Wildman–Crippen LogP) is 5.39. The van der Waals surface area contributed by atoms with Gasteiger partial charge in [-0.05, 0) is 74.2 Å². The molecule has 0 bridgehead atoms. The molecule has 3 aromatic rings. The number of nitrogens with zero attached hydrogens (tertiary/aromatic N) is 2. The highest BCUT2D eigenvalue weighted by Gasteiger charge is 2.23. The van der Waals surface area contributed by atoms with Gasteiger partial charge in [-0.1, -0.05) is 31.2 Å². The second-order valence-corrected chi connectivity index (χ2v) is 8.72. The molecule has 1 aromatic heterocycles. The summed E-state index contributed by atoms with van der Waals surface area (Å²) in [6.45, 7) is 7.76. The van der Waals surface area contributed by atoms with Crippen LogP contribution in [0.25, 0.3) is 0 Å². The molecule has 7 heteroatoms. The van der Waals surface area contributed by atoms with Gasteiger partial charge in [0.2, 0.25) is 5.91 Å². The molecule has 3 rings (SSSR count). The molecular weight excluding hydrogens is 459 g/mol. The summed E-state index contributed by atoms with van der Waals surface area (Å²) in [5, 5.41) is 0. The molecule has 0 aliphatic carbocycles. The van der Waals surface area contributed by atoms with Crippen LogP contribution in [0.2, 0.25) is 0 Å². The Hall–Kier alpha value is -3.45. The second-order valence-electron chi connectivity index (χ2n) is 8.72. The summed E-state index contributed by atoms with van der Waals surface area (Å²) < 4.78 is 24.6. The number of amides is 2. The van der Waals surface area contributed by atoms with E-state index in [1.54, 1.807) is 21.9 Å². The molecule has 0 N–H and O–H groups in total. The van der Waals surface area contributed by atoms with E-state index >= 15 is 0 Å². The third-order valence-electron chi connectivity index (χ3n) is 5.93. The van der Waals surface area contributed by atoms with Crippen LogP contribution < -0.4 is 0 Å². The normalized spacial score (nSPS) is 10.9. The Morgan fingerprint density at radius 2 is 1.58 bits per heavy atom. The lowest BCUT2D eigenvalue weighted by Gasteiger charge is -2.27. The van der Waals surface area contributed by atoms with Crippen LogP contribution in [0.15, 0.2) is 65.1 Å². The molecule has 0 fully saturated rings. The number of carbonyl (C=O) groups excluding carboxylic acids is 2. The second kappa shape index (κ2) is 13.6. The van der Waals surface area contributed by atoms with Gasteiger partial charge in [-0.25, -0.2) is 4.39 Å². The van der Waals surface area contributed by atoms with Gasteiger partial charge in [-0.3, -0.25) is 9.59 Å². The molecule has 0 spiro atoms. The minimum Gasteiger partial charge on any atom is -0.464 e. The fraction of sp³-hybridized carbons (Fsp3) is 0.379. The number of furan rings is 1. The zero-order chi connectivity index (χ0) is 25.9. The van der Waals surface area contributed by atoms with Crippen LogP contribution in [0.4, 0.5) is 4.39 Å². The summed E-state index contributed by atoms with van der Waals surface area (Å²) in [6.07, 6.45) is 1.50. The topological polar surface area (TPSA) is 63.0 Å². The van der Waals surface area contributed by atoms with E-state index < -0.39 is 0 Å². The van der Waals surface area contributed by atoms with Gasteiger partial charge in [0.05, 0.1) is 6.54 Å². The van der Waals surface area contributed by atoms with E-state index in [4.69, 9.17) is 9.15 Å². The first-order valence-corrected chi connectivity index (χ1v) is 12.4. The van der Waals surface area contributed by atoms with E-state index in [2.05, 4.69) is 6.92 Å². The number of rotatable bonds is 13. The van der Waals surface area contributed by atoms with Gasteiger partial charge in [0, 0.05) is 31.9 Å². The Labute approximate surface area is 212 Å². The van der Waals surface area contributed by atoms with Crippen molar-refractivity contribution in [1.29, 1.82) is 0 Å². The quantitative estimate of drug-likeness (QED) is 0.299. The maximum atomic E-state index is 13.5. The van der Waals surface area contributed by atoms with E-state index in [9.17, 15) is 14.0 Å². The van der Waals surface area contributed by atoms with Gasteiger partial charge in [-0.15, -0.1) is 0 Å². The summed E-state index contributed by atoms with van der Waals surface area (Å²) >= 11 is 0. The summed E-state index contributed by atoms with van der Waals surface area (Å²) in [5.41, 5.74) is 2.48. The molecule has 1 heterocycles. The van der Waals surface area contributed by atoms with E-state index in [1.165, 1.54) is 12.1 Å². The molecule has 6 nitrogen and oxygen atoms in total. The minimum atomic E-state index is -0.335. The molecule has 0 saturated heterocycles. The Balaban J connectivity index is 1.79. The highest BCUT2D eigenvalue weighted by molar-refractivity contribution is 5.96. The van der Waals surface area contributed by atoms with E-state index in [1.807, 2.05) is 50.2 Å². The molecule has 0 radical (unpaired) electrons. The van der Waals surface area contributed by atoms with Gasteiger partial charge in [0.1, 0.15) is 23.9 Å². The van der Waals surface area contributed by atoms with Crippen molar-refractivity contribution in [3.8, 4) is 0 Å². The summed E-state index contributed by atoms with van der Waals surface area (Å²) in [7, 11) is 0. The highest BCUT2D eigenvalue weighted by Crippen LogP contribution is 2.16.